The number of nitro groups is 1. The zero-order valence-electron chi connectivity index (χ0n) is 10.5. The molecule has 1 amide bonds. The van der Waals surface area contributed by atoms with E-state index in [9.17, 15) is 23.7 Å². The maximum absolute atomic E-state index is 13.6. The van der Waals surface area contributed by atoms with Crippen LogP contribution in [0.15, 0.2) is 12.1 Å². The second-order valence-electron chi connectivity index (χ2n) is 4.53. The van der Waals surface area contributed by atoms with Crippen LogP contribution in [0.4, 0.5) is 20.2 Å². The van der Waals surface area contributed by atoms with Crippen molar-refractivity contribution in [3.8, 4) is 0 Å². The molecule has 1 aromatic rings. The minimum absolute atomic E-state index is 0.497. The van der Waals surface area contributed by atoms with Crippen LogP contribution in [-0.2, 0) is 4.79 Å². The number of rotatable bonds is 3. The number of hydrogen-bond acceptors (Lipinski definition) is 4. The Morgan fingerprint density at radius 1 is 1.40 bits per heavy atom. The van der Waals surface area contributed by atoms with Crippen molar-refractivity contribution in [2.24, 2.45) is 0 Å². The Kier molecular flexibility index (Phi) is 4.23. The van der Waals surface area contributed by atoms with Crippen molar-refractivity contribution in [1.82, 2.24) is 5.32 Å². The van der Waals surface area contributed by atoms with Crippen molar-refractivity contribution in [3.05, 3.63) is 33.9 Å². The third kappa shape index (κ3) is 3.08. The van der Waals surface area contributed by atoms with E-state index in [1.807, 2.05) is 0 Å². The number of benzene rings is 1. The number of carbonyl (C=O) groups is 1. The Hall–Kier alpha value is -2.09. The standard InChI is InChI=1S/C12H13F2N3O3/c13-7-5-8(14)11(10(6-7)17(19)20)16-12(18)9-3-1-2-4-15-9/h5-6,9,15H,1-4H2,(H,16,18)/t9-/m0/s1. The number of hydrogen-bond donors (Lipinski definition) is 2. The highest BCUT2D eigenvalue weighted by Crippen LogP contribution is 2.29. The molecule has 1 heterocycles. The summed E-state index contributed by atoms with van der Waals surface area (Å²) in [6, 6.07) is 0.553. The molecular weight excluding hydrogens is 272 g/mol. The van der Waals surface area contributed by atoms with Crippen molar-refractivity contribution in [3.63, 3.8) is 0 Å². The molecule has 0 saturated carbocycles. The Labute approximate surface area is 113 Å². The van der Waals surface area contributed by atoms with Crippen molar-refractivity contribution >= 4 is 17.3 Å². The van der Waals surface area contributed by atoms with Crippen LogP contribution < -0.4 is 10.6 Å². The molecule has 6 nitrogen and oxygen atoms in total. The van der Waals surface area contributed by atoms with Gasteiger partial charge >= 0.3 is 0 Å². The van der Waals surface area contributed by atoms with Crippen molar-refractivity contribution in [2.75, 3.05) is 11.9 Å². The lowest BCUT2D eigenvalue weighted by Crippen LogP contribution is -2.43. The van der Waals surface area contributed by atoms with Gasteiger partial charge in [-0.25, -0.2) is 8.78 Å². The van der Waals surface area contributed by atoms with E-state index >= 15 is 0 Å². The topological polar surface area (TPSA) is 84.3 Å². The number of carbonyl (C=O) groups excluding carboxylic acids is 1. The van der Waals surface area contributed by atoms with Gasteiger partial charge in [-0.15, -0.1) is 0 Å². The molecule has 0 spiro atoms. The molecule has 8 heteroatoms. The molecule has 20 heavy (non-hydrogen) atoms. The second kappa shape index (κ2) is 5.91. The van der Waals surface area contributed by atoms with Crippen LogP contribution >= 0.6 is 0 Å². The molecule has 108 valence electrons. The molecule has 0 bridgehead atoms. The molecule has 1 aromatic carbocycles. The van der Waals surface area contributed by atoms with E-state index in [-0.39, 0.29) is 0 Å². The number of halogens is 2. The van der Waals surface area contributed by atoms with Gasteiger partial charge in [-0.2, -0.15) is 0 Å². The van der Waals surface area contributed by atoms with Gasteiger partial charge in [-0.05, 0) is 19.4 Å². The van der Waals surface area contributed by atoms with Gasteiger partial charge in [0.25, 0.3) is 5.69 Å². The van der Waals surface area contributed by atoms with E-state index in [0.717, 1.165) is 12.8 Å². The fraction of sp³-hybridized carbons (Fsp3) is 0.417. The Bertz CT molecular complexity index is 545. The lowest BCUT2D eigenvalue weighted by Gasteiger charge is -2.22. The molecule has 1 atom stereocenters. The van der Waals surface area contributed by atoms with E-state index in [1.165, 1.54) is 0 Å². The van der Waals surface area contributed by atoms with Gasteiger partial charge in [0, 0.05) is 6.07 Å². The Morgan fingerprint density at radius 3 is 2.75 bits per heavy atom. The fourth-order valence-corrected chi connectivity index (χ4v) is 2.11. The lowest BCUT2D eigenvalue weighted by atomic mass is 10.0. The van der Waals surface area contributed by atoms with Gasteiger partial charge in [0.1, 0.15) is 5.82 Å². The molecule has 2 N–H and O–H groups in total. The third-order valence-corrected chi connectivity index (χ3v) is 3.11. The summed E-state index contributed by atoms with van der Waals surface area (Å²) in [5.74, 6) is -2.79. The predicted molar refractivity (Wildman–Crippen MR) is 67.3 cm³/mol. The monoisotopic (exact) mass is 285 g/mol. The van der Waals surface area contributed by atoms with Crippen LogP contribution in [0.1, 0.15) is 19.3 Å². The predicted octanol–water partition coefficient (Wildman–Crippen LogP) is 1.95. The first-order valence-electron chi connectivity index (χ1n) is 6.16. The number of nitrogens with one attached hydrogen (secondary N) is 2. The van der Waals surface area contributed by atoms with Gasteiger partial charge in [-0.1, -0.05) is 6.42 Å². The highest BCUT2D eigenvalue weighted by atomic mass is 19.1. The van der Waals surface area contributed by atoms with Crippen LogP contribution in [0.2, 0.25) is 0 Å². The number of piperidine rings is 1. The summed E-state index contributed by atoms with van der Waals surface area (Å²) in [4.78, 5) is 21.8. The van der Waals surface area contributed by atoms with Crippen LogP contribution in [0.25, 0.3) is 0 Å². The van der Waals surface area contributed by atoms with Crippen LogP contribution in [0.3, 0.4) is 0 Å². The summed E-state index contributed by atoms with van der Waals surface area (Å²) in [7, 11) is 0. The smallest absolute Gasteiger partial charge is 0.298 e. The minimum Gasteiger partial charge on any atom is -0.317 e. The molecule has 1 aliphatic rings. The number of nitrogens with zero attached hydrogens (tertiary/aromatic N) is 1. The van der Waals surface area contributed by atoms with Crippen LogP contribution in [0.5, 0.6) is 0 Å². The molecule has 2 rings (SSSR count). The molecule has 1 fully saturated rings. The summed E-state index contributed by atoms with van der Waals surface area (Å²) in [5.41, 5.74) is -1.40. The van der Waals surface area contributed by atoms with Gasteiger partial charge in [-0.3, -0.25) is 14.9 Å². The van der Waals surface area contributed by atoms with E-state index in [0.29, 0.717) is 25.1 Å². The number of amides is 1. The molecule has 1 saturated heterocycles. The van der Waals surface area contributed by atoms with Gasteiger partial charge < -0.3 is 10.6 Å². The largest absolute Gasteiger partial charge is 0.317 e. The SMILES string of the molecule is O=C(Nc1c(F)cc(F)cc1[N+](=O)[O-])[C@@H]1CCCCN1. The molecule has 0 aromatic heterocycles. The summed E-state index contributed by atoms with van der Waals surface area (Å²) in [6.45, 7) is 0.659. The Balaban J connectivity index is 2.23. The van der Waals surface area contributed by atoms with E-state index < -0.39 is 39.9 Å². The molecule has 0 radical (unpaired) electrons. The van der Waals surface area contributed by atoms with E-state index in [4.69, 9.17) is 0 Å². The summed E-state index contributed by atoms with van der Waals surface area (Å²) >= 11 is 0. The zero-order chi connectivity index (χ0) is 14.7. The normalized spacial score (nSPS) is 18.6. The number of nitro benzene ring substituents is 1. The van der Waals surface area contributed by atoms with Gasteiger partial charge in [0.15, 0.2) is 11.5 Å². The van der Waals surface area contributed by atoms with Crippen LogP contribution in [-0.4, -0.2) is 23.4 Å². The first-order valence-corrected chi connectivity index (χ1v) is 6.16. The van der Waals surface area contributed by atoms with Gasteiger partial charge in [0.2, 0.25) is 5.91 Å². The summed E-state index contributed by atoms with van der Waals surface area (Å²) < 4.78 is 26.6. The molecule has 0 aliphatic carbocycles. The molecule has 1 aliphatic heterocycles. The van der Waals surface area contributed by atoms with Crippen molar-refractivity contribution in [2.45, 2.75) is 25.3 Å². The number of anilines is 1. The second-order valence-corrected chi connectivity index (χ2v) is 4.53. The fourth-order valence-electron chi connectivity index (χ4n) is 2.11. The van der Waals surface area contributed by atoms with E-state index in [1.54, 1.807) is 0 Å². The maximum Gasteiger partial charge on any atom is 0.298 e. The molecule has 0 unspecified atom stereocenters. The Morgan fingerprint density at radius 2 is 2.15 bits per heavy atom. The third-order valence-electron chi connectivity index (χ3n) is 3.11. The average Bonchev–Trinajstić information content (AvgIpc) is 2.42. The highest BCUT2D eigenvalue weighted by molar-refractivity contribution is 5.96. The zero-order valence-corrected chi connectivity index (χ0v) is 10.5. The molecular formula is C12H13F2N3O3. The lowest BCUT2D eigenvalue weighted by molar-refractivity contribution is -0.384. The van der Waals surface area contributed by atoms with Gasteiger partial charge in [0.05, 0.1) is 17.0 Å². The average molecular weight is 285 g/mol. The van der Waals surface area contributed by atoms with Crippen molar-refractivity contribution in [1.29, 1.82) is 0 Å². The first-order chi connectivity index (χ1) is 9.49. The quantitative estimate of drug-likeness (QED) is 0.656. The first kappa shape index (κ1) is 14.3. The minimum atomic E-state index is -1.17. The highest BCUT2D eigenvalue weighted by Gasteiger charge is 2.26. The summed E-state index contributed by atoms with van der Waals surface area (Å²) in [6.07, 6.45) is 2.36. The van der Waals surface area contributed by atoms with Crippen molar-refractivity contribution < 1.29 is 18.5 Å². The van der Waals surface area contributed by atoms with E-state index in [2.05, 4.69) is 10.6 Å². The van der Waals surface area contributed by atoms with Crippen LogP contribution in [0, 0.1) is 21.7 Å². The maximum atomic E-state index is 13.6. The summed E-state index contributed by atoms with van der Waals surface area (Å²) in [5, 5.41) is 15.9.